The molecule has 0 aliphatic heterocycles. The zero-order chi connectivity index (χ0) is 19.2. The summed E-state index contributed by atoms with van der Waals surface area (Å²) in [6, 6.07) is 4.28. The van der Waals surface area contributed by atoms with Gasteiger partial charge in [-0.3, -0.25) is 0 Å². The van der Waals surface area contributed by atoms with Crippen LogP contribution in [-0.4, -0.2) is 17.5 Å². The fraction of sp³-hybridized carbons (Fsp3) is 0.200. The normalized spacial score (nSPS) is 13.1. The van der Waals surface area contributed by atoms with Crippen molar-refractivity contribution in [1.82, 2.24) is 0 Å². The van der Waals surface area contributed by atoms with Crippen molar-refractivity contribution in [2.75, 3.05) is 5.73 Å². The van der Waals surface area contributed by atoms with Gasteiger partial charge < -0.3 is 10.8 Å². The lowest BCUT2D eigenvalue weighted by atomic mass is 9.73. The van der Waals surface area contributed by atoms with Gasteiger partial charge in [-0.05, 0) is 67.3 Å². The fourth-order valence-electron chi connectivity index (χ4n) is 2.48. The van der Waals surface area contributed by atoms with Crippen molar-refractivity contribution in [3.05, 3.63) is 56.5 Å². The Labute approximate surface area is 154 Å². The van der Waals surface area contributed by atoms with E-state index in [4.69, 9.17) is 5.73 Å². The molecule has 136 valence electrons. The molecule has 0 fully saturated rings. The van der Waals surface area contributed by atoms with Gasteiger partial charge in [0.05, 0.1) is 4.47 Å². The van der Waals surface area contributed by atoms with Gasteiger partial charge in [0.15, 0.2) is 0 Å². The van der Waals surface area contributed by atoms with Gasteiger partial charge in [0, 0.05) is 10.2 Å². The monoisotopic (exact) mass is 491 g/mol. The number of phenolic OH excluding ortho intramolecular Hbond substituents is 1. The number of alkyl halides is 6. The van der Waals surface area contributed by atoms with E-state index < -0.39 is 34.6 Å². The molecule has 3 N–H and O–H groups in total. The van der Waals surface area contributed by atoms with Crippen molar-refractivity contribution in [2.45, 2.75) is 17.8 Å². The van der Waals surface area contributed by atoms with E-state index in [1.54, 1.807) is 0 Å². The van der Waals surface area contributed by atoms with Gasteiger partial charge in [0.2, 0.25) is 5.41 Å². The van der Waals surface area contributed by atoms with Crippen LogP contribution in [0.3, 0.4) is 0 Å². The molecule has 0 bridgehead atoms. The van der Waals surface area contributed by atoms with E-state index in [-0.39, 0.29) is 14.6 Å². The molecular formula is C15H9Br2F6NO. The first-order valence-electron chi connectivity index (χ1n) is 6.50. The van der Waals surface area contributed by atoms with Crippen molar-refractivity contribution in [3.8, 4) is 5.75 Å². The quantitative estimate of drug-likeness (QED) is 0.404. The van der Waals surface area contributed by atoms with Crippen molar-refractivity contribution < 1.29 is 31.4 Å². The molecule has 0 spiro atoms. The minimum Gasteiger partial charge on any atom is -0.507 e. The van der Waals surface area contributed by atoms with Crippen molar-refractivity contribution in [3.63, 3.8) is 0 Å². The number of hydrogen-bond donors (Lipinski definition) is 2. The summed E-state index contributed by atoms with van der Waals surface area (Å²) >= 11 is 5.62. The smallest absolute Gasteiger partial charge is 0.411 e. The lowest BCUT2D eigenvalue weighted by Gasteiger charge is -2.38. The molecule has 2 aromatic rings. The fourth-order valence-corrected chi connectivity index (χ4v) is 3.24. The number of rotatable bonds is 2. The summed E-state index contributed by atoms with van der Waals surface area (Å²) in [6.45, 7) is 0. The Hall–Kier alpha value is -1.42. The number of nitrogen functional groups attached to an aromatic ring is 1. The second kappa shape index (κ2) is 6.39. The maximum atomic E-state index is 13.9. The maximum absolute atomic E-state index is 13.9. The van der Waals surface area contributed by atoms with E-state index in [1.807, 2.05) is 0 Å². The Bertz CT molecular complexity index is 736. The highest BCUT2D eigenvalue weighted by Gasteiger charge is 2.72. The standard InChI is InChI=1S/C15H9Br2F6NO/c16-9-5-7(1-3-11(9)24)13(14(18,19)20,15(21,22)23)8-2-4-12(25)10(17)6-8/h1-6,25H,24H2. The molecule has 2 rings (SSSR count). The summed E-state index contributed by atoms with van der Waals surface area (Å²) in [7, 11) is 0. The largest absolute Gasteiger partial charge is 0.507 e. The lowest BCUT2D eigenvalue weighted by molar-refractivity contribution is -0.288. The van der Waals surface area contributed by atoms with Gasteiger partial charge in [-0.15, -0.1) is 0 Å². The first-order valence-corrected chi connectivity index (χ1v) is 8.09. The molecule has 0 saturated carbocycles. The van der Waals surface area contributed by atoms with Crippen LogP contribution in [0.25, 0.3) is 0 Å². The molecule has 0 unspecified atom stereocenters. The molecule has 25 heavy (non-hydrogen) atoms. The first-order chi connectivity index (χ1) is 11.3. The summed E-state index contributed by atoms with van der Waals surface area (Å²) in [5.74, 6) is -0.486. The van der Waals surface area contributed by atoms with Crippen LogP contribution < -0.4 is 5.73 Å². The van der Waals surface area contributed by atoms with Crippen molar-refractivity contribution in [2.24, 2.45) is 0 Å². The van der Waals surface area contributed by atoms with E-state index in [0.717, 1.165) is 12.1 Å². The summed E-state index contributed by atoms with van der Waals surface area (Å²) in [6.07, 6.45) is -11.4. The van der Waals surface area contributed by atoms with Crippen molar-refractivity contribution >= 4 is 37.5 Å². The van der Waals surface area contributed by atoms with Crippen molar-refractivity contribution in [1.29, 1.82) is 0 Å². The second-order valence-electron chi connectivity index (χ2n) is 5.15. The zero-order valence-electron chi connectivity index (χ0n) is 12.0. The van der Waals surface area contributed by atoms with Gasteiger partial charge >= 0.3 is 12.4 Å². The minimum atomic E-state index is -5.71. The molecule has 0 aliphatic rings. The van der Waals surface area contributed by atoms with E-state index in [0.29, 0.717) is 24.3 Å². The van der Waals surface area contributed by atoms with Gasteiger partial charge in [0.1, 0.15) is 5.75 Å². The molecule has 2 nitrogen and oxygen atoms in total. The van der Waals surface area contributed by atoms with Gasteiger partial charge in [0.25, 0.3) is 0 Å². The highest BCUT2D eigenvalue weighted by molar-refractivity contribution is 9.11. The summed E-state index contributed by atoms with van der Waals surface area (Å²) in [5, 5.41) is 9.43. The zero-order valence-corrected chi connectivity index (χ0v) is 15.2. The summed E-state index contributed by atoms with van der Waals surface area (Å²) < 4.78 is 82.8. The number of phenols is 1. The predicted molar refractivity (Wildman–Crippen MR) is 87.3 cm³/mol. The topological polar surface area (TPSA) is 46.2 Å². The number of benzene rings is 2. The van der Waals surface area contributed by atoms with Crippen LogP contribution in [0.2, 0.25) is 0 Å². The number of halogens is 8. The highest BCUT2D eigenvalue weighted by atomic mass is 79.9. The summed E-state index contributed by atoms with van der Waals surface area (Å²) in [4.78, 5) is 0. The van der Waals surface area contributed by atoms with Crippen LogP contribution >= 0.6 is 31.9 Å². The van der Waals surface area contributed by atoms with Crippen LogP contribution in [0.4, 0.5) is 32.0 Å². The Morgan fingerprint density at radius 3 is 1.60 bits per heavy atom. The first kappa shape index (κ1) is 19.9. The Morgan fingerprint density at radius 2 is 1.20 bits per heavy atom. The molecule has 2 aromatic carbocycles. The Kier molecular flexibility index (Phi) is 5.08. The molecule has 10 heteroatoms. The molecular weight excluding hydrogens is 484 g/mol. The van der Waals surface area contributed by atoms with Crippen LogP contribution in [0, 0.1) is 0 Å². The third-order valence-corrected chi connectivity index (χ3v) is 4.99. The molecule has 0 aromatic heterocycles. The third kappa shape index (κ3) is 3.21. The molecule has 0 heterocycles. The van der Waals surface area contributed by atoms with Crippen LogP contribution in [0.5, 0.6) is 5.75 Å². The second-order valence-corrected chi connectivity index (χ2v) is 6.86. The number of hydrogen-bond acceptors (Lipinski definition) is 2. The van der Waals surface area contributed by atoms with Crippen LogP contribution in [0.1, 0.15) is 11.1 Å². The SMILES string of the molecule is Nc1ccc(C(c2ccc(O)c(Br)c2)(C(F)(F)F)C(F)(F)F)cc1Br. The van der Waals surface area contributed by atoms with E-state index in [1.165, 1.54) is 0 Å². The molecule has 0 saturated heterocycles. The van der Waals surface area contributed by atoms with E-state index in [9.17, 15) is 31.4 Å². The average molecular weight is 493 g/mol. The van der Waals surface area contributed by atoms with Crippen LogP contribution in [-0.2, 0) is 5.41 Å². The Morgan fingerprint density at radius 1 is 0.760 bits per heavy atom. The van der Waals surface area contributed by atoms with Gasteiger partial charge in [-0.25, -0.2) is 0 Å². The van der Waals surface area contributed by atoms with Gasteiger partial charge in [-0.1, -0.05) is 12.1 Å². The number of nitrogens with two attached hydrogens (primary N) is 1. The number of aromatic hydroxyl groups is 1. The van der Waals surface area contributed by atoms with E-state index in [2.05, 4.69) is 31.9 Å². The predicted octanol–water partition coefficient (Wildman–Crippen LogP) is 5.91. The highest BCUT2D eigenvalue weighted by Crippen LogP contribution is 2.57. The Balaban J connectivity index is 2.96. The average Bonchev–Trinajstić information content (AvgIpc) is 2.44. The van der Waals surface area contributed by atoms with Crippen LogP contribution in [0.15, 0.2) is 45.3 Å². The minimum absolute atomic E-state index is 0.00566. The lowest BCUT2D eigenvalue weighted by Crippen LogP contribution is -2.54. The number of anilines is 1. The molecule has 0 atom stereocenters. The maximum Gasteiger partial charge on any atom is 0.411 e. The van der Waals surface area contributed by atoms with E-state index >= 15 is 0 Å². The molecule has 0 radical (unpaired) electrons. The summed E-state index contributed by atoms with van der Waals surface area (Å²) in [5.41, 5.74) is -0.961. The molecule has 0 amide bonds. The van der Waals surface area contributed by atoms with Gasteiger partial charge in [-0.2, -0.15) is 26.3 Å². The molecule has 0 aliphatic carbocycles. The third-order valence-electron chi connectivity index (χ3n) is 3.66.